The van der Waals surface area contributed by atoms with E-state index >= 15 is 0 Å². The molecule has 11 heteroatoms. The Morgan fingerprint density at radius 3 is 2.89 bits per heavy atom. The molecule has 5 N–H and O–H groups in total. The topological polar surface area (TPSA) is 133 Å². The maximum Gasteiger partial charge on any atom is 0.280 e. The first-order chi connectivity index (χ1) is 17.2. The highest BCUT2D eigenvalue weighted by Crippen LogP contribution is 2.35. The van der Waals surface area contributed by atoms with Gasteiger partial charge in [0.05, 0.1) is 17.4 Å². The van der Waals surface area contributed by atoms with Gasteiger partial charge in [-0.3, -0.25) is 14.4 Å². The molecule has 0 spiro atoms. The molecule has 36 heavy (non-hydrogen) atoms. The lowest BCUT2D eigenvalue weighted by atomic mass is 9.70. The summed E-state index contributed by atoms with van der Waals surface area (Å²) in [5.74, 6) is -1.74. The zero-order chi connectivity index (χ0) is 25.6. The van der Waals surface area contributed by atoms with Crippen LogP contribution >= 0.6 is 11.3 Å². The Balaban J connectivity index is 1.44. The third-order valence-electron chi connectivity index (χ3n) is 7.34. The molecule has 3 atom stereocenters. The van der Waals surface area contributed by atoms with Crippen LogP contribution in [0.25, 0.3) is 10.9 Å². The Kier molecular flexibility index (Phi) is 6.39. The summed E-state index contributed by atoms with van der Waals surface area (Å²) in [5, 5.41) is 6.48. The van der Waals surface area contributed by atoms with Crippen molar-refractivity contribution in [3.05, 3.63) is 51.4 Å². The SMILES string of the molecule is CNC(=O)C1CCC(N)(C(=O)c2cc3cc(F)ccc3[nH]2)C(NC(=O)c2nc3c(s2)CN(C)CC3)C1. The summed E-state index contributed by atoms with van der Waals surface area (Å²) in [6, 6.07) is 5.00. The number of benzene rings is 1. The first-order valence-electron chi connectivity index (χ1n) is 12.0. The number of amides is 2. The highest BCUT2D eigenvalue weighted by molar-refractivity contribution is 7.13. The van der Waals surface area contributed by atoms with Gasteiger partial charge < -0.3 is 26.3 Å². The zero-order valence-corrected chi connectivity index (χ0v) is 21.0. The summed E-state index contributed by atoms with van der Waals surface area (Å²) in [4.78, 5) is 50.2. The number of fused-ring (bicyclic) bond motifs is 2. The van der Waals surface area contributed by atoms with Gasteiger partial charge in [-0.15, -0.1) is 11.3 Å². The Morgan fingerprint density at radius 2 is 2.11 bits per heavy atom. The third kappa shape index (κ3) is 4.42. The molecule has 1 fully saturated rings. The van der Waals surface area contributed by atoms with E-state index in [1.165, 1.54) is 23.5 Å². The number of halogens is 1. The molecule has 1 aliphatic heterocycles. The number of H-pyrrole nitrogens is 1. The van der Waals surface area contributed by atoms with Crippen molar-refractivity contribution in [2.45, 2.75) is 43.8 Å². The molecule has 2 aromatic heterocycles. The summed E-state index contributed by atoms with van der Waals surface area (Å²) in [6.45, 7) is 1.62. The minimum atomic E-state index is -1.45. The van der Waals surface area contributed by atoms with Gasteiger partial charge in [0.1, 0.15) is 11.4 Å². The quantitative estimate of drug-likeness (QED) is 0.387. The molecule has 2 amide bonds. The number of carbonyl (C=O) groups is 3. The third-order valence-corrected chi connectivity index (χ3v) is 8.42. The van der Waals surface area contributed by atoms with Gasteiger partial charge in [0.15, 0.2) is 5.01 Å². The number of hydrogen-bond donors (Lipinski definition) is 4. The lowest BCUT2D eigenvalue weighted by Crippen LogP contribution is -2.66. The average Bonchev–Trinajstić information content (AvgIpc) is 3.47. The number of ketones is 1. The fraction of sp³-hybridized carbons (Fsp3) is 0.440. The fourth-order valence-corrected chi connectivity index (χ4v) is 6.31. The van der Waals surface area contributed by atoms with Crippen molar-refractivity contribution in [2.24, 2.45) is 11.7 Å². The largest absolute Gasteiger partial charge is 0.359 e. The molecule has 0 bridgehead atoms. The first-order valence-corrected chi connectivity index (χ1v) is 12.8. The average molecular weight is 513 g/mol. The van der Waals surface area contributed by atoms with Crippen LogP contribution in [0.1, 0.15) is 50.1 Å². The highest BCUT2D eigenvalue weighted by Gasteiger charge is 2.49. The molecule has 5 rings (SSSR count). The van der Waals surface area contributed by atoms with Gasteiger partial charge in [-0.2, -0.15) is 0 Å². The van der Waals surface area contributed by atoms with Crippen molar-refractivity contribution in [3.63, 3.8) is 0 Å². The number of aromatic nitrogens is 2. The van der Waals surface area contributed by atoms with Crippen molar-refractivity contribution in [2.75, 3.05) is 20.6 Å². The van der Waals surface area contributed by atoms with E-state index in [0.29, 0.717) is 22.3 Å². The lowest BCUT2D eigenvalue weighted by molar-refractivity contribution is -0.126. The predicted octanol–water partition coefficient (Wildman–Crippen LogP) is 1.98. The van der Waals surface area contributed by atoms with Gasteiger partial charge in [-0.25, -0.2) is 9.37 Å². The van der Waals surface area contributed by atoms with Crippen LogP contribution in [-0.2, 0) is 17.8 Å². The van der Waals surface area contributed by atoms with E-state index in [4.69, 9.17) is 5.73 Å². The van der Waals surface area contributed by atoms with Crippen LogP contribution in [0.4, 0.5) is 4.39 Å². The maximum absolute atomic E-state index is 13.7. The van der Waals surface area contributed by atoms with Crippen LogP contribution < -0.4 is 16.4 Å². The minimum Gasteiger partial charge on any atom is -0.359 e. The maximum atomic E-state index is 13.7. The number of thiazole rings is 1. The zero-order valence-electron chi connectivity index (χ0n) is 20.2. The van der Waals surface area contributed by atoms with E-state index in [0.717, 1.165) is 30.1 Å². The van der Waals surface area contributed by atoms with Crippen molar-refractivity contribution >= 4 is 39.8 Å². The van der Waals surface area contributed by atoms with E-state index in [1.54, 1.807) is 19.2 Å². The summed E-state index contributed by atoms with van der Waals surface area (Å²) >= 11 is 1.35. The highest BCUT2D eigenvalue weighted by atomic mass is 32.1. The Labute approximate surface area is 211 Å². The number of hydrogen-bond acceptors (Lipinski definition) is 7. The van der Waals surface area contributed by atoms with Gasteiger partial charge in [0, 0.05) is 48.3 Å². The molecule has 9 nitrogen and oxygen atoms in total. The molecule has 0 radical (unpaired) electrons. The monoisotopic (exact) mass is 512 g/mol. The van der Waals surface area contributed by atoms with Crippen molar-refractivity contribution < 1.29 is 18.8 Å². The molecule has 3 aromatic rings. The molecular formula is C25H29FN6O3S. The van der Waals surface area contributed by atoms with Gasteiger partial charge in [-0.05, 0) is 50.6 Å². The van der Waals surface area contributed by atoms with Crippen LogP contribution in [0.2, 0.25) is 0 Å². The number of rotatable bonds is 5. The molecule has 0 saturated heterocycles. The molecule has 1 saturated carbocycles. The molecule has 1 aromatic carbocycles. The molecule has 1 aliphatic carbocycles. The summed E-state index contributed by atoms with van der Waals surface area (Å²) in [6.07, 6.45) is 1.60. The first kappa shape index (κ1) is 24.5. The Morgan fingerprint density at radius 1 is 1.31 bits per heavy atom. The van der Waals surface area contributed by atoms with Crippen LogP contribution in [0, 0.1) is 11.7 Å². The lowest BCUT2D eigenvalue weighted by Gasteiger charge is -2.42. The molecular weight excluding hydrogens is 483 g/mol. The van der Waals surface area contributed by atoms with E-state index in [1.807, 2.05) is 7.05 Å². The smallest absolute Gasteiger partial charge is 0.280 e. The van der Waals surface area contributed by atoms with Crippen LogP contribution in [0.5, 0.6) is 0 Å². The van der Waals surface area contributed by atoms with Crippen LogP contribution in [0.3, 0.4) is 0 Å². The summed E-state index contributed by atoms with van der Waals surface area (Å²) in [7, 11) is 3.59. The van der Waals surface area contributed by atoms with E-state index in [-0.39, 0.29) is 36.1 Å². The Bertz CT molecular complexity index is 1350. The second-order valence-corrected chi connectivity index (χ2v) is 10.9. The number of carbonyl (C=O) groups excluding carboxylic acids is 3. The Hall–Kier alpha value is -3.15. The second kappa shape index (κ2) is 9.38. The molecule has 3 unspecified atom stereocenters. The number of nitrogens with zero attached hydrogens (tertiary/aromatic N) is 2. The molecule has 3 heterocycles. The summed E-state index contributed by atoms with van der Waals surface area (Å²) in [5.41, 5.74) is 7.09. The number of aromatic amines is 1. The number of nitrogens with two attached hydrogens (primary N) is 1. The second-order valence-electron chi connectivity index (χ2n) is 9.77. The van der Waals surface area contributed by atoms with Gasteiger partial charge in [0.2, 0.25) is 11.7 Å². The van der Waals surface area contributed by atoms with Crippen molar-refractivity contribution in [1.29, 1.82) is 0 Å². The predicted molar refractivity (Wildman–Crippen MR) is 134 cm³/mol. The van der Waals surface area contributed by atoms with Gasteiger partial charge in [0.25, 0.3) is 5.91 Å². The minimum absolute atomic E-state index is 0.155. The fourth-order valence-electron chi connectivity index (χ4n) is 5.22. The van der Waals surface area contributed by atoms with E-state index < -0.39 is 23.3 Å². The van der Waals surface area contributed by atoms with Crippen LogP contribution in [-0.4, -0.2) is 64.7 Å². The summed E-state index contributed by atoms with van der Waals surface area (Å²) < 4.78 is 13.7. The molecule has 2 aliphatic rings. The number of likely N-dealkylation sites (N-methyl/N-ethyl adjacent to an activating group) is 1. The van der Waals surface area contributed by atoms with Crippen LogP contribution in [0.15, 0.2) is 24.3 Å². The number of nitrogens with one attached hydrogen (secondary N) is 3. The number of Topliss-reactive ketones (excluding diaryl/α,β-unsaturated/α-hetero) is 1. The van der Waals surface area contributed by atoms with Crippen molar-refractivity contribution in [3.8, 4) is 0 Å². The van der Waals surface area contributed by atoms with Gasteiger partial charge in [-0.1, -0.05) is 0 Å². The van der Waals surface area contributed by atoms with Gasteiger partial charge >= 0.3 is 0 Å². The standard InChI is InChI=1S/C25H29FN6O3S/c1-28-22(34)13-5-7-25(27,21(33)18-10-14-9-15(26)3-4-16(14)29-18)20(11-13)31-23(35)24-30-17-6-8-32(2)12-19(17)36-24/h3-4,9-10,13,20,29H,5-8,11-12,27H2,1-2H3,(H,28,34)(H,31,35). The van der Waals surface area contributed by atoms with E-state index in [9.17, 15) is 18.8 Å². The molecule has 190 valence electrons. The van der Waals surface area contributed by atoms with E-state index in [2.05, 4.69) is 25.5 Å². The van der Waals surface area contributed by atoms with Crippen molar-refractivity contribution in [1.82, 2.24) is 25.5 Å². The normalized spacial score (nSPS) is 24.3.